The molecule has 0 amide bonds. The van der Waals surface area contributed by atoms with Crippen LogP contribution < -0.4 is 4.72 Å². The fourth-order valence-electron chi connectivity index (χ4n) is 2.32. The predicted molar refractivity (Wildman–Crippen MR) is 87.3 cm³/mol. The summed E-state index contributed by atoms with van der Waals surface area (Å²) in [5.74, 6) is 0. The van der Waals surface area contributed by atoms with E-state index in [0.29, 0.717) is 0 Å². The van der Waals surface area contributed by atoms with Crippen LogP contribution in [0.3, 0.4) is 0 Å². The summed E-state index contributed by atoms with van der Waals surface area (Å²) in [6, 6.07) is 14.6. The Balaban J connectivity index is 2.15. The Morgan fingerprint density at radius 3 is 2.45 bits per heavy atom. The molecule has 118 valence electrons. The molecule has 1 atom stereocenters. The molecule has 0 radical (unpaired) electrons. The van der Waals surface area contributed by atoms with Gasteiger partial charge in [0.25, 0.3) is 0 Å². The number of nitrogens with one attached hydrogen (secondary N) is 1. The molecule has 1 unspecified atom stereocenters. The molecule has 0 saturated heterocycles. The molecular formula is C17H21NO3S. The SMILES string of the molecule is COC(CNS(=O)(=O)c1cccc(C)c1)c1ccccc1C. The number of sulfonamides is 1. The Morgan fingerprint density at radius 1 is 1.09 bits per heavy atom. The minimum atomic E-state index is -3.54. The van der Waals surface area contributed by atoms with Gasteiger partial charge in [-0.05, 0) is 42.7 Å². The molecule has 0 aromatic heterocycles. The molecule has 2 rings (SSSR count). The highest BCUT2D eigenvalue weighted by Crippen LogP contribution is 2.20. The molecule has 5 heteroatoms. The summed E-state index contributed by atoms with van der Waals surface area (Å²) in [6.07, 6.45) is -0.319. The van der Waals surface area contributed by atoms with Gasteiger partial charge in [-0.1, -0.05) is 36.4 Å². The lowest BCUT2D eigenvalue weighted by Gasteiger charge is -2.18. The van der Waals surface area contributed by atoms with Crippen molar-refractivity contribution in [3.63, 3.8) is 0 Å². The molecule has 0 saturated carbocycles. The molecule has 0 aliphatic carbocycles. The van der Waals surface area contributed by atoms with Crippen molar-refractivity contribution in [1.29, 1.82) is 0 Å². The van der Waals surface area contributed by atoms with E-state index in [1.807, 2.05) is 44.2 Å². The van der Waals surface area contributed by atoms with Gasteiger partial charge in [0.2, 0.25) is 10.0 Å². The number of aryl methyl sites for hydroxylation is 2. The van der Waals surface area contributed by atoms with Crippen molar-refractivity contribution in [2.45, 2.75) is 24.8 Å². The minimum Gasteiger partial charge on any atom is -0.375 e. The van der Waals surface area contributed by atoms with Gasteiger partial charge >= 0.3 is 0 Å². The summed E-state index contributed by atoms with van der Waals surface area (Å²) in [5, 5.41) is 0. The molecule has 0 heterocycles. The van der Waals surface area contributed by atoms with Crippen molar-refractivity contribution in [2.24, 2.45) is 0 Å². The second-order valence-electron chi connectivity index (χ2n) is 5.25. The van der Waals surface area contributed by atoms with Crippen LogP contribution in [0.5, 0.6) is 0 Å². The number of methoxy groups -OCH3 is 1. The normalized spacial score (nSPS) is 13.0. The van der Waals surface area contributed by atoms with Gasteiger partial charge in [0.15, 0.2) is 0 Å². The van der Waals surface area contributed by atoms with Crippen LogP contribution in [0.15, 0.2) is 53.4 Å². The molecule has 0 spiro atoms. The third-order valence-electron chi connectivity index (χ3n) is 3.58. The van der Waals surface area contributed by atoms with Crippen LogP contribution in [-0.2, 0) is 14.8 Å². The van der Waals surface area contributed by atoms with E-state index in [1.54, 1.807) is 25.3 Å². The Hall–Kier alpha value is -1.69. The van der Waals surface area contributed by atoms with Gasteiger partial charge in [-0.15, -0.1) is 0 Å². The summed E-state index contributed by atoms with van der Waals surface area (Å²) < 4.78 is 32.8. The van der Waals surface area contributed by atoms with Crippen molar-refractivity contribution in [3.05, 3.63) is 65.2 Å². The van der Waals surface area contributed by atoms with Gasteiger partial charge in [0.1, 0.15) is 0 Å². The van der Waals surface area contributed by atoms with Gasteiger partial charge in [-0.3, -0.25) is 0 Å². The van der Waals surface area contributed by atoms with Crippen molar-refractivity contribution in [2.75, 3.05) is 13.7 Å². The number of rotatable bonds is 6. The Morgan fingerprint density at radius 2 is 1.82 bits per heavy atom. The molecular weight excluding hydrogens is 298 g/mol. The zero-order valence-electron chi connectivity index (χ0n) is 13.0. The van der Waals surface area contributed by atoms with Crippen LogP contribution in [0, 0.1) is 13.8 Å². The van der Waals surface area contributed by atoms with Crippen molar-refractivity contribution < 1.29 is 13.2 Å². The van der Waals surface area contributed by atoms with E-state index in [1.165, 1.54) is 0 Å². The maximum atomic E-state index is 12.4. The largest absolute Gasteiger partial charge is 0.375 e. The summed E-state index contributed by atoms with van der Waals surface area (Å²) in [4.78, 5) is 0.270. The molecule has 4 nitrogen and oxygen atoms in total. The molecule has 0 fully saturated rings. The highest BCUT2D eigenvalue weighted by Gasteiger charge is 2.18. The van der Waals surface area contributed by atoms with Crippen molar-refractivity contribution >= 4 is 10.0 Å². The van der Waals surface area contributed by atoms with E-state index in [2.05, 4.69) is 4.72 Å². The summed E-state index contributed by atoms with van der Waals surface area (Å²) in [7, 11) is -1.96. The monoisotopic (exact) mass is 319 g/mol. The van der Waals surface area contributed by atoms with Crippen molar-refractivity contribution in [1.82, 2.24) is 4.72 Å². The lowest BCUT2D eigenvalue weighted by Crippen LogP contribution is -2.29. The maximum absolute atomic E-state index is 12.4. The Bertz CT molecular complexity index is 741. The third kappa shape index (κ3) is 3.94. The van der Waals surface area contributed by atoms with E-state index in [9.17, 15) is 8.42 Å². The van der Waals surface area contributed by atoms with Gasteiger partial charge in [0.05, 0.1) is 11.0 Å². The lowest BCUT2D eigenvalue weighted by atomic mass is 10.0. The van der Waals surface area contributed by atoms with Crippen LogP contribution in [0.2, 0.25) is 0 Å². The van der Waals surface area contributed by atoms with Gasteiger partial charge in [0, 0.05) is 13.7 Å². The molecule has 2 aromatic rings. The zero-order chi connectivity index (χ0) is 16.2. The third-order valence-corrected chi connectivity index (χ3v) is 5.00. The standard InChI is InChI=1S/C17H21NO3S/c1-13-7-6-9-15(11-13)22(19,20)18-12-17(21-3)16-10-5-4-8-14(16)2/h4-11,17-18H,12H2,1-3H3. The fraction of sp³-hybridized carbons (Fsp3) is 0.294. The molecule has 0 aliphatic heterocycles. The summed E-state index contributed by atoms with van der Waals surface area (Å²) >= 11 is 0. The second kappa shape index (κ2) is 7.05. The molecule has 1 N–H and O–H groups in total. The van der Waals surface area contributed by atoms with E-state index in [0.717, 1.165) is 16.7 Å². The summed E-state index contributed by atoms with van der Waals surface area (Å²) in [5.41, 5.74) is 2.96. The van der Waals surface area contributed by atoms with E-state index in [4.69, 9.17) is 4.74 Å². The second-order valence-corrected chi connectivity index (χ2v) is 7.02. The molecule has 0 bridgehead atoms. The number of ether oxygens (including phenoxy) is 1. The van der Waals surface area contributed by atoms with Crippen LogP contribution in [0.25, 0.3) is 0 Å². The number of benzene rings is 2. The first kappa shape index (κ1) is 16.7. The van der Waals surface area contributed by atoms with Crippen LogP contribution >= 0.6 is 0 Å². The Kier molecular flexibility index (Phi) is 5.34. The summed E-state index contributed by atoms with van der Waals surface area (Å²) in [6.45, 7) is 4.04. The quantitative estimate of drug-likeness (QED) is 0.890. The first-order chi connectivity index (χ1) is 10.4. The molecule has 22 heavy (non-hydrogen) atoms. The zero-order valence-corrected chi connectivity index (χ0v) is 13.9. The number of hydrogen-bond donors (Lipinski definition) is 1. The number of hydrogen-bond acceptors (Lipinski definition) is 3. The molecule has 2 aromatic carbocycles. The van der Waals surface area contributed by atoms with Gasteiger partial charge < -0.3 is 4.74 Å². The van der Waals surface area contributed by atoms with Crippen molar-refractivity contribution in [3.8, 4) is 0 Å². The van der Waals surface area contributed by atoms with Crippen LogP contribution in [0.1, 0.15) is 22.8 Å². The Labute approximate surface area is 132 Å². The smallest absolute Gasteiger partial charge is 0.240 e. The van der Waals surface area contributed by atoms with E-state index in [-0.39, 0.29) is 17.5 Å². The highest BCUT2D eigenvalue weighted by atomic mass is 32.2. The minimum absolute atomic E-state index is 0.192. The lowest BCUT2D eigenvalue weighted by molar-refractivity contribution is 0.107. The molecule has 0 aliphatic rings. The van der Waals surface area contributed by atoms with E-state index < -0.39 is 10.0 Å². The van der Waals surface area contributed by atoms with Crippen LogP contribution in [0.4, 0.5) is 0 Å². The van der Waals surface area contributed by atoms with E-state index >= 15 is 0 Å². The topological polar surface area (TPSA) is 55.4 Å². The fourth-order valence-corrected chi connectivity index (χ4v) is 3.46. The average molecular weight is 319 g/mol. The first-order valence-corrected chi connectivity index (χ1v) is 8.57. The van der Waals surface area contributed by atoms with Gasteiger partial charge in [-0.25, -0.2) is 13.1 Å². The first-order valence-electron chi connectivity index (χ1n) is 7.08. The predicted octanol–water partition coefficient (Wildman–Crippen LogP) is 2.97. The van der Waals surface area contributed by atoms with Crippen LogP contribution in [-0.4, -0.2) is 22.1 Å². The van der Waals surface area contributed by atoms with Gasteiger partial charge in [-0.2, -0.15) is 0 Å². The average Bonchev–Trinajstić information content (AvgIpc) is 2.49. The highest BCUT2D eigenvalue weighted by molar-refractivity contribution is 7.89. The maximum Gasteiger partial charge on any atom is 0.240 e.